The minimum Gasteiger partial charge on any atom is -0.393 e. The summed E-state index contributed by atoms with van der Waals surface area (Å²) in [4.78, 5) is 0. The Balaban J connectivity index is 2.52. The van der Waals surface area contributed by atoms with Crippen LogP contribution in [0.15, 0.2) is 0 Å². The molecule has 1 fully saturated rings. The maximum Gasteiger partial charge on any atom is 0.120 e. The van der Waals surface area contributed by atoms with E-state index in [0.29, 0.717) is 25.9 Å². The van der Waals surface area contributed by atoms with Crippen molar-refractivity contribution in [3.05, 3.63) is 0 Å². The van der Waals surface area contributed by atoms with Gasteiger partial charge in [0.05, 0.1) is 6.10 Å². The van der Waals surface area contributed by atoms with Crippen LogP contribution < -0.4 is 0 Å². The molecule has 5 nitrogen and oxygen atoms in total. The van der Waals surface area contributed by atoms with Crippen LogP contribution in [0.3, 0.4) is 0 Å². The fourth-order valence-corrected chi connectivity index (χ4v) is 1.87. The minimum atomic E-state index is -0.703. The molecule has 0 aromatic rings. The molecule has 0 amide bonds. The second-order valence-electron chi connectivity index (χ2n) is 3.83. The Morgan fingerprint density at radius 3 is 1.93 bits per heavy atom. The topological polar surface area (TPSA) is 67.2 Å². The first kappa shape index (κ1) is 11.9. The highest BCUT2D eigenvalue weighted by molar-refractivity contribution is 4.71. The number of hydrogen-bond donors (Lipinski definition) is 3. The Bertz CT molecular complexity index is 159. The maximum absolute atomic E-state index is 9.46. The van der Waals surface area contributed by atoms with Gasteiger partial charge in [0.25, 0.3) is 0 Å². The molecule has 1 heterocycles. The average molecular weight is 204 g/mol. The third-order valence-electron chi connectivity index (χ3n) is 2.53. The lowest BCUT2D eigenvalue weighted by Crippen LogP contribution is -2.55. The van der Waals surface area contributed by atoms with E-state index >= 15 is 0 Å². The van der Waals surface area contributed by atoms with Crippen molar-refractivity contribution in [3.8, 4) is 0 Å². The smallest absolute Gasteiger partial charge is 0.120 e. The molecule has 84 valence electrons. The van der Waals surface area contributed by atoms with Gasteiger partial charge in [-0.2, -0.15) is 5.01 Å². The van der Waals surface area contributed by atoms with Crippen molar-refractivity contribution in [2.45, 2.75) is 45.2 Å². The quantitative estimate of drug-likeness (QED) is 0.532. The van der Waals surface area contributed by atoms with Crippen LogP contribution in [-0.4, -0.2) is 57.0 Å². The van der Waals surface area contributed by atoms with Gasteiger partial charge in [0, 0.05) is 13.1 Å². The molecule has 0 aromatic heterocycles. The summed E-state index contributed by atoms with van der Waals surface area (Å²) in [5, 5.41) is 31.7. The molecule has 1 saturated heterocycles. The van der Waals surface area contributed by atoms with Gasteiger partial charge < -0.3 is 15.3 Å². The summed E-state index contributed by atoms with van der Waals surface area (Å²) in [6.07, 6.45) is -0.266. The van der Waals surface area contributed by atoms with Gasteiger partial charge in [-0.1, -0.05) is 0 Å². The summed E-state index contributed by atoms with van der Waals surface area (Å²) in [5.41, 5.74) is 0. The van der Waals surface area contributed by atoms with E-state index in [4.69, 9.17) is 0 Å². The highest BCUT2D eigenvalue weighted by atomic mass is 16.3. The maximum atomic E-state index is 9.46. The predicted molar refractivity (Wildman–Crippen MR) is 52.0 cm³/mol. The number of nitrogens with zero attached hydrogens (tertiary/aromatic N) is 2. The third kappa shape index (κ3) is 2.90. The molecule has 3 N–H and O–H groups in total. The number of piperidine rings is 1. The van der Waals surface area contributed by atoms with Gasteiger partial charge >= 0.3 is 0 Å². The van der Waals surface area contributed by atoms with Crippen molar-refractivity contribution >= 4 is 0 Å². The summed E-state index contributed by atoms with van der Waals surface area (Å²) >= 11 is 0. The fraction of sp³-hybridized carbons (Fsp3) is 1.00. The molecule has 14 heavy (non-hydrogen) atoms. The lowest BCUT2D eigenvalue weighted by molar-refractivity contribution is -0.216. The lowest BCUT2D eigenvalue weighted by Gasteiger charge is -2.41. The molecule has 5 heteroatoms. The van der Waals surface area contributed by atoms with Crippen molar-refractivity contribution in [3.63, 3.8) is 0 Å². The van der Waals surface area contributed by atoms with Crippen LogP contribution in [0.25, 0.3) is 0 Å². The second-order valence-corrected chi connectivity index (χ2v) is 3.83. The summed E-state index contributed by atoms with van der Waals surface area (Å²) < 4.78 is 0. The Labute approximate surface area is 84.5 Å². The fourth-order valence-electron chi connectivity index (χ4n) is 1.87. The van der Waals surface area contributed by atoms with Gasteiger partial charge in [-0.3, -0.25) is 0 Å². The predicted octanol–water partition coefficient (Wildman–Crippen LogP) is -0.663. The third-order valence-corrected chi connectivity index (χ3v) is 2.53. The van der Waals surface area contributed by atoms with E-state index in [1.54, 1.807) is 13.8 Å². The molecule has 0 radical (unpaired) electrons. The molecule has 0 bridgehead atoms. The second kappa shape index (κ2) is 5.04. The largest absolute Gasteiger partial charge is 0.393 e. The monoisotopic (exact) mass is 204 g/mol. The summed E-state index contributed by atoms with van der Waals surface area (Å²) in [6.45, 7) is 4.60. The molecule has 2 unspecified atom stereocenters. The molecule has 0 aromatic carbocycles. The molecule has 1 rings (SSSR count). The molecular weight excluding hydrogens is 184 g/mol. The number of aliphatic hydroxyl groups is 3. The zero-order valence-electron chi connectivity index (χ0n) is 8.80. The summed E-state index contributed by atoms with van der Waals surface area (Å²) in [7, 11) is 0. The van der Waals surface area contributed by atoms with Crippen molar-refractivity contribution in [2.24, 2.45) is 0 Å². The van der Waals surface area contributed by atoms with Crippen LogP contribution in [0.4, 0.5) is 0 Å². The number of hydrogen-bond acceptors (Lipinski definition) is 5. The summed E-state index contributed by atoms with van der Waals surface area (Å²) in [5.74, 6) is 0. The molecule has 1 aliphatic heterocycles. The molecular formula is C9H20N2O3. The highest BCUT2D eigenvalue weighted by Gasteiger charge is 2.27. The van der Waals surface area contributed by atoms with E-state index in [9.17, 15) is 15.3 Å². The van der Waals surface area contributed by atoms with Crippen LogP contribution in [0.5, 0.6) is 0 Å². The first-order valence-corrected chi connectivity index (χ1v) is 5.09. The van der Waals surface area contributed by atoms with Crippen LogP contribution >= 0.6 is 0 Å². The molecule has 2 atom stereocenters. The number of rotatable bonds is 3. The highest BCUT2D eigenvalue weighted by Crippen LogP contribution is 2.15. The van der Waals surface area contributed by atoms with E-state index in [-0.39, 0.29) is 6.10 Å². The molecule has 0 aliphatic carbocycles. The molecule has 0 spiro atoms. The molecule has 1 aliphatic rings. The lowest BCUT2D eigenvalue weighted by atomic mass is 10.1. The van der Waals surface area contributed by atoms with Crippen LogP contribution in [0.2, 0.25) is 0 Å². The average Bonchev–Trinajstić information content (AvgIpc) is 2.07. The van der Waals surface area contributed by atoms with Gasteiger partial charge in [-0.15, -0.1) is 0 Å². The van der Waals surface area contributed by atoms with Gasteiger partial charge in [0.1, 0.15) is 12.5 Å². The van der Waals surface area contributed by atoms with Gasteiger partial charge in [0.15, 0.2) is 0 Å². The van der Waals surface area contributed by atoms with E-state index in [1.807, 2.05) is 5.01 Å². The molecule has 0 saturated carbocycles. The zero-order chi connectivity index (χ0) is 10.7. The van der Waals surface area contributed by atoms with E-state index in [0.717, 1.165) is 0 Å². The number of aliphatic hydroxyl groups excluding tert-OH is 3. The standard InChI is InChI=1S/C9H20N2O3/c1-7(12)11(8(2)13)10-5-3-9(14)4-6-10/h7-9,12-14H,3-6H2,1-2H3. The van der Waals surface area contributed by atoms with E-state index < -0.39 is 12.5 Å². The minimum absolute atomic E-state index is 0.240. The number of hydrazine groups is 1. The van der Waals surface area contributed by atoms with Crippen molar-refractivity contribution in [1.82, 2.24) is 10.0 Å². The Morgan fingerprint density at radius 2 is 1.57 bits per heavy atom. The van der Waals surface area contributed by atoms with Crippen molar-refractivity contribution in [1.29, 1.82) is 0 Å². The van der Waals surface area contributed by atoms with Gasteiger partial charge in [-0.25, -0.2) is 5.01 Å². The van der Waals surface area contributed by atoms with Crippen LogP contribution in [0, 0.1) is 0 Å². The first-order chi connectivity index (χ1) is 6.52. The summed E-state index contributed by atoms with van der Waals surface area (Å²) in [6, 6.07) is 0. The Hall–Kier alpha value is -0.200. The Kier molecular flexibility index (Phi) is 4.28. The van der Waals surface area contributed by atoms with Gasteiger partial charge in [-0.05, 0) is 26.7 Å². The first-order valence-electron chi connectivity index (χ1n) is 5.09. The van der Waals surface area contributed by atoms with Crippen molar-refractivity contribution in [2.75, 3.05) is 13.1 Å². The SMILES string of the molecule is CC(O)N(C(C)O)N1CCC(O)CC1. The van der Waals surface area contributed by atoms with Gasteiger partial charge in [0.2, 0.25) is 0 Å². The van der Waals surface area contributed by atoms with Crippen molar-refractivity contribution < 1.29 is 15.3 Å². The van der Waals surface area contributed by atoms with E-state index in [1.165, 1.54) is 5.01 Å². The van der Waals surface area contributed by atoms with E-state index in [2.05, 4.69) is 0 Å². The van der Waals surface area contributed by atoms with Crippen LogP contribution in [-0.2, 0) is 0 Å². The zero-order valence-corrected chi connectivity index (χ0v) is 8.80. The van der Waals surface area contributed by atoms with Crippen LogP contribution in [0.1, 0.15) is 26.7 Å². The normalized spacial score (nSPS) is 25.3. The Morgan fingerprint density at radius 1 is 1.14 bits per heavy atom.